The average molecular weight is 398 g/mol. The number of aliphatic carboxylic acids is 1. The Morgan fingerprint density at radius 1 is 1.25 bits per heavy atom. The Morgan fingerprint density at radius 2 is 1.89 bits per heavy atom. The Bertz CT molecular complexity index is 943. The lowest BCUT2D eigenvalue weighted by Crippen LogP contribution is -2.45. The van der Waals surface area contributed by atoms with E-state index in [0.717, 1.165) is 5.56 Å². The second kappa shape index (κ2) is 7.85. The third kappa shape index (κ3) is 3.77. The number of nitro benzene ring substituents is 1. The molecule has 2 unspecified atom stereocenters. The van der Waals surface area contributed by atoms with Gasteiger partial charge in [-0.15, -0.1) is 0 Å². The molecule has 144 valence electrons. The van der Waals surface area contributed by atoms with Gasteiger partial charge in [-0.25, -0.2) is 0 Å². The van der Waals surface area contributed by atoms with Crippen molar-refractivity contribution in [3.05, 3.63) is 75.2 Å². The second-order valence-electron chi connectivity index (χ2n) is 6.33. The number of hydrogen-bond donors (Lipinski definition) is 2. The Morgan fingerprint density at radius 3 is 2.43 bits per heavy atom. The Balaban J connectivity index is 1.97. The van der Waals surface area contributed by atoms with Crippen LogP contribution in [-0.2, 0) is 9.59 Å². The van der Waals surface area contributed by atoms with Gasteiger partial charge in [0.15, 0.2) is 11.7 Å². The third-order valence-corrected chi connectivity index (χ3v) is 6.10. The quantitative estimate of drug-likeness (QED) is 0.325. The van der Waals surface area contributed by atoms with E-state index in [9.17, 15) is 24.8 Å². The molecular formula is C20H18N2O5S. The first-order valence-corrected chi connectivity index (χ1v) is 9.43. The van der Waals surface area contributed by atoms with Gasteiger partial charge in [0.2, 0.25) is 0 Å². The van der Waals surface area contributed by atoms with E-state index in [4.69, 9.17) is 0 Å². The summed E-state index contributed by atoms with van der Waals surface area (Å²) in [7, 11) is 0. The highest BCUT2D eigenvalue weighted by molar-refractivity contribution is 8.06. The van der Waals surface area contributed by atoms with Crippen molar-refractivity contribution >= 4 is 41.0 Å². The van der Waals surface area contributed by atoms with E-state index in [2.05, 4.69) is 5.32 Å². The standard InChI is InChI=1S/C20H18N2O5S/c1-2-20(21-14-8-10-15(11-9-14)22(26)27)17(19(24)25)18(23)16(28-20)12-13-6-4-3-5-7-13/h3-12,17,21H,2H2,1H3,(H,24,25). The number of allylic oxidation sites excluding steroid dienone is 1. The predicted molar refractivity (Wildman–Crippen MR) is 108 cm³/mol. The molecule has 8 heteroatoms. The molecule has 0 bridgehead atoms. The first-order chi connectivity index (χ1) is 13.4. The van der Waals surface area contributed by atoms with Gasteiger partial charge in [0.05, 0.1) is 9.83 Å². The summed E-state index contributed by atoms with van der Waals surface area (Å²) in [6.07, 6.45) is 2.06. The largest absolute Gasteiger partial charge is 0.481 e. The maximum Gasteiger partial charge on any atom is 0.317 e. The number of carbonyl (C=O) groups excluding carboxylic acids is 1. The lowest BCUT2D eigenvalue weighted by molar-refractivity contribution is -0.384. The Labute approximate surface area is 165 Å². The zero-order chi connectivity index (χ0) is 20.3. The number of anilines is 1. The van der Waals surface area contributed by atoms with Crippen molar-refractivity contribution in [2.75, 3.05) is 5.32 Å². The van der Waals surface area contributed by atoms with Crippen molar-refractivity contribution in [1.82, 2.24) is 0 Å². The van der Waals surface area contributed by atoms with Crippen LogP contribution in [-0.4, -0.2) is 26.7 Å². The minimum atomic E-state index is -1.27. The molecule has 7 nitrogen and oxygen atoms in total. The molecule has 2 aromatic carbocycles. The highest BCUT2D eigenvalue weighted by Gasteiger charge is 2.55. The molecule has 0 spiro atoms. The van der Waals surface area contributed by atoms with Gasteiger partial charge in [-0.2, -0.15) is 0 Å². The van der Waals surface area contributed by atoms with Crippen LogP contribution in [0.25, 0.3) is 6.08 Å². The van der Waals surface area contributed by atoms with E-state index in [1.807, 2.05) is 30.3 Å². The van der Waals surface area contributed by atoms with Crippen LogP contribution in [0.3, 0.4) is 0 Å². The van der Waals surface area contributed by atoms with Crippen LogP contribution in [0.5, 0.6) is 0 Å². The number of carboxylic acids is 1. The lowest BCUT2D eigenvalue weighted by atomic mass is 9.92. The number of nitrogens with zero attached hydrogens (tertiary/aromatic N) is 1. The molecule has 1 fully saturated rings. The maximum absolute atomic E-state index is 12.9. The smallest absolute Gasteiger partial charge is 0.317 e. The van der Waals surface area contributed by atoms with Crippen LogP contribution in [0, 0.1) is 16.0 Å². The monoisotopic (exact) mass is 398 g/mol. The van der Waals surface area contributed by atoms with E-state index in [0.29, 0.717) is 17.0 Å². The fraction of sp³-hybridized carbons (Fsp3) is 0.200. The second-order valence-corrected chi connectivity index (χ2v) is 7.70. The first-order valence-electron chi connectivity index (χ1n) is 8.61. The molecule has 1 aliphatic rings. The number of hydrogen-bond acceptors (Lipinski definition) is 6. The summed E-state index contributed by atoms with van der Waals surface area (Å²) >= 11 is 1.19. The maximum atomic E-state index is 12.9. The van der Waals surface area contributed by atoms with Crippen molar-refractivity contribution in [2.24, 2.45) is 5.92 Å². The van der Waals surface area contributed by atoms with Gasteiger partial charge >= 0.3 is 5.97 Å². The van der Waals surface area contributed by atoms with Gasteiger partial charge < -0.3 is 10.4 Å². The number of rotatable bonds is 6. The van der Waals surface area contributed by atoms with Crippen LogP contribution in [0.15, 0.2) is 59.5 Å². The zero-order valence-electron chi connectivity index (χ0n) is 15.0. The van der Waals surface area contributed by atoms with Gasteiger partial charge in [0, 0.05) is 17.8 Å². The minimum absolute atomic E-state index is 0.0642. The number of carboxylic acid groups (broad SMARTS) is 1. The number of Topliss-reactive ketones (excluding diaryl/α,β-unsaturated/α-hetero) is 1. The molecular weight excluding hydrogens is 380 g/mol. The zero-order valence-corrected chi connectivity index (χ0v) is 15.8. The summed E-state index contributed by atoms with van der Waals surface area (Å²) in [6, 6.07) is 14.9. The lowest BCUT2D eigenvalue weighted by Gasteiger charge is -2.32. The number of non-ortho nitro benzene ring substituents is 1. The molecule has 2 N–H and O–H groups in total. The SMILES string of the molecule is CCC1(Nc2ccc([N+](=O)[O-])cc2)SC(=Cc2ccccc2)C(=O)C1C(=O)O. The van der Waals surface area contributed by atoms with Gasteiger partial charge in [-0.05, 0) is 30.2 Å². The summed E-state index contributed by atoms with van der Waals surface area (Å²) < 4.78 is 0. The average Bonchev–Trinajstić information content (AvgIpc) is 2.95. The van der Waals surface area contributed by atoms with E-state index < -0.39 is 27.5 Å². The number of nitrogens with one attached hydrogen (secondary N) is 1. The number of ketones is 1. The van der Waals surface area contributed by atoms with Gasteiger partial charge in [-0.1, -0.05) is 49.0 Å². The molecule has 0 amide bonds. The molecule has 0 aromatic heterocycles. The van der Waals surface area contributed by atoms with E-state index >= 15 is 0 Å². The van der Waals surface area contributed by atoms with Crippen LogP contribution in [0.4, 0.5) is 11.4 Å². The molecule has 0 saturated carbocycles. The van der Waals surface area contributed by atoms with Crippen LogP contribution >= 0.6 is 11.8 Å². The topological polar surface area (TPSA) is 110 Å². The normalized spacial score (nSPS) is 23.0. The molecule has 3 rings (SSSR count). The molecule has 0 aliphatic carbocycles. The van der Waals surface area contributed by atoms with Crippen LogP contribution in [0.2, 0.25) is 0 Å². The third-order valence-electron chi connectivity index (χ3n) is 4.57. The Hall–Kier alpha value is -3.13. The highest BCUT2D eigenvalue weighted by Crippen LogP contribution is 2.50. The summed E-state index contributed by atoms with van der Waals surface area (Å²) in [4.78, 5) is 34.4. The molecule has 28 heavy (non-hydrogen) atoms. The molecule has 2 atom stereocenters. The number of carbonyl (C=O) groups is 2. The highest BCUT2D eigenvalue weighted by atomic mass is 32.2. The minimum Gasteiger partial charge on any atom is -0.481 e. The van der Waals surface area contributed by atoms with Gasteiger partial charge in [-0.3, -0.25) is 19.7 Å². The first kappa shape index (κ1) is 19.6. The fourth-order valence-electron chi connectivity index (χ4n) is 3.15. The van der Waals surface area contributed by atoms with E-state index in [1.54, 1.807) is 13.0 Å². The summed E-state index contributed by atoms with van der Waals surface area (Å²) in [6.45, 7) is 1.81. The van der Waals surface area contributed by atoms with Crippen molar-refractivity contribution in [3.63, 3.8) is 0 Å². The van der Waals surface area contributed by atoms with Crippen molar-refractivity contribution < 1.29 is 19.6 Å². The van der Waals surface area contributed by atoms with Crippen LogP contribution in [0.1, 0.15) is 18.9 Å². The number of benzene rings is 2. The van der Waals surface area contributed by atoms with Crippen molar-refractivity contribution in [3.8, 4) is 0 Å². The molecule has 2 aromatic rings. The van der Waals surface area contributed by atoms with Crippen molar-refractivity contribution in [1.29, 1.82) is 0 Å². The number of thioether (sulfide) groups is 1. The van der Waals surface area contributed by atoms with E-state index in [1.165, 1.54) is 36.0 Å². The fourth-order valence-corrected chi connectivity index (χ4v) is 4.59. The molecule has 1 aliphatic heterocycles. The summed E-state index contributed by atoms with van der Waals surface area (Å²) in [5, 5.41) is 23.7. The molecule has 1 saturated heterocycles. The van der Waals surface area contributed by atoms with Crippen molar-refractivity contribution in [2.45, 2.75) is 18.2 Å². The van der Waals surface area contributed by atoms with E-state index in [-0.39, 0.29) is 5.69 Å². The molecule has 1 heterocycles. The number of nitro groups is 1. The molecule has 0 radical (unpaired) electrons. The Kier molecular flexibility index (Phi) is 5.51. The van der Waals surface area contributed by atoms with Crippen LogP contribution < -0.4 is 5.32 Å². The summed E-state index contributed by atoms with van der Waals surface area (Å²) in [5.41, 5.74) is 1.26. The van der Waals surface area contributed by atoms with Gasteiger partial charge in [0.25, 0.3) is 5.69 Å². The van der Waals surface area contributed by atoms with Gasteiger partial charge in [0.1, 0.15) is 4.87 Å². The summed E-state index contributed by atoms with van der Waals surface area (Å²) in [5.74, 6) is -2.92. The predicted octanol–water partition coefficient (Wildman–Crippen LogP) is 4.17.